The number of carbonyl (C=O) groups excluding carboxylic acids is 1. The molecule has 0 radical (unpaired) electrons. The summed E-state index contributed by atoms with van der Waals surface area (Å²) >= 11 is 0. The molecule has 5 nitrogen and oxygen atoms in total. The maximum Gasteiger partial charge on any atom is 0.422 e. The summed E-state index contributed by atoms with van der Waals surface area (Å²) in [5.41, 5.74) is 0.0543. The van der Waals surface area contributed by atoms with E-state index in [0.717, 1.165) is 0 Å². The van der Waals surface area contributed by atoms with E-state index in [-0.39, 0.29) is 17.4 Å². The zero-order valence-electron chi connectivity index (χ0n) is 10.6. The second-order valence-corrected chi connectivity index (χ2v) is 4.30. The zero-order valence-corrected chi connectivity index (χ0v) is 10.6. The fraction of sp³-hybridized carbons (Fsp3) is 0.500. The number of ether oxygens (including phenoxy) is 1. The van der Waals surface area contributed by atoms with Gasteiger partial charge in [-0.3, -0.25) is 4.79 Å². The highest BCUT2D eigenvalue weighted by Gasteiger charge is 2.30. The quantitative estimate of drug-likeness (QED) is 0.904. The van der Waals surface area contributed by atoms with Crippen LogP contribution in [0.1, 0.15) is 10.4 Å². The zero-order chi connectivity index (χ0) is 14.6. The number of alkyl halides is 3. The van der Waals surface area contributed by atoms with Gasteiger partial charge in [0.25, 0.3) is 5.91 Å². The van der Waals surface area contributed by atoms with E-state index in [0.29, 0.717) is 26.2 Å². The maximum atomic E-state index is 12.2. The van der Waals surface area contributed by atoms with Gasteiger partial charge in [-0.1, -0.05) is 0 Å². The van der Waals surface area contributed by atoms with Gasteiger partial charge in [-0.25, -0.2) is 4.98 Å². The molecule has 8 heteroatoms. The molecule has 2 heterocycles. The van der Waals surface area contributed by atoms with Gasteiger partial charge in [0.2, 0.25) is 5.88 Å². The highest BCUT2D eigenvalue weighted by atomic mass is 19.4. The number of nitrogens with one attached hydrogen (secondary N) is 1. The summed E-state index contributed by atoms with van der Waals surface area (Å²) in [7, 11) is 0. The average Bonchev–Trinajstić information content (AvgIpc) is 2.45. The topological polar surface area (TPSA) is 54.5 Å². The highest BCUT2D eigenvalue weighted by Crippen LogP contribution is 2.21. The minimum atomic E-state index is -4.47. The van der Waals surface area contributed by atoms with Crippen LogP contribution in [-0.4, -0.2) is 54.8 Å². The fourth-order valence-corrected chi connectivity index (χ4v) is 1.86. The number of pyridine rings is 1. The van der Waals surface area contributed by atoms with Crippen LogP contribution in [-0.2, 0) is 0 Å². The average molecular weight is 289 g/mol. The number of rotatable bonds is 3. The lowest BCUT2D eigenvalue weighted by molar-refractivity contribution is -0.154. The molecule has 1 aromatic rings. The van der Waals surface area contributed by atoms with Crippen molar-refractivity contribution in [1.82, 2.24) is 15.2 Å². The lowest BCUT2D eigenvalue weighted by Crippen LogP contribution is -2.46. The van der Waals surface area contributed by atoms with Gasteiger partial charge in [0.1, 0.15) is 5.56 Å². The molecule has 110 valence electrons. The van der Waals surface area contributed by atoms with E-state index < -0.39 is 12.8 Å². The van der Waals surface area contributed by atoms with E-state index >= 15 is 0 Å². The lowest BCUT2D eigenvalue weighted by atomic mass is 10.2. The standard InChI is InChI=1S/C12H14F3N3O2/c13-12(14,15)8-20-10-9(2-1-3-17-10)11(19)18-6-4-16-5-7-18/h1-3,16H,4-8H2. The SMILES string of the molecule is O=C(c1cccnc1OCC(F)(F)F)N1CCNCC1. The summed E-state index contributed by atoms with van der Waals surface area (Å²) < 4.78 is 41.1. The molecule has 1 saturated heterocycles. The Balaban J connectivity index is 2.12. The van der Waals surface area contributed by atoms with Crippen LogP contribution >= 0.6 is 0 Å². The molecule has 1 aliphatic heterocycles. The molecule has 0 spiro atoms. The second kappa shape index (κ2) is 6.08. The van der Waals surface area contributed by atoms with Gasteiger partial charge in [0, 0.05) is 32.4 Å². The van der Waals surface area contributed by atoms with E-state index in [4.69, 9.17) is 0 Å². The number of hydrogen-bond donors (Lipinski definition) is 1. The third kappa shape index (κ3) is 3.83. The fourth-order valence-electron chi connectivity index (χ4n) is 1.86. The number of aromatic nitrogens is 1. The lowest BCUT2D eigenvalue weighted by Gasteiger charge is -2.27. The van der Waals surface area contributed by atoms with Gasteiger partial charge in [-0.15, -0.1) is 0 Å². The van der Waals surface area contributed by atoms with Gasteiger partial charge in [-0.05, 0) is 12.1 Å². The highest BCUT2D eigenvalue weighted by molar-refractivity contribution is 5.96. The third-order valence-corrected chi connectivity index (χ3v) is 2.78. The summed E-state index contributed by atoms with van der Waals surface area (Å²) in [5, 5.41) is 3.09. The van der Waals surface area contributed by atoms with Gasteiger partial charge in [-0.2, -0.15) is 13.2 Å². The summed E-state index contributed by atoms with van der Waals surface area (Å²) in [6.07, 6.45) is -3.17. The van der Waals surface area contributed by atoms with E-state index in [1.807, 2.05) is 0 Å². The Morgan fingerprint density at radius 1 is 1.40 bits per heavy atom. The normalized spacial score (nSPS) is 16.1. The van der Waals surface area contributed by atoms with Crippen molar-refractivity contribution in [1.29, 1.82) is 0 Å². The van der Waals surface area contributed by atoms with Gasteiger partial charge in [0.05, 0.1) is 0 Å². The largest absolute Gasteiger partial charge is 0.467 e. The molecular weight excluding hydrogens is 275 g/mol. The molecule has 20 heavy (non-hydrogen) atoms. The van der Waals surface area contributed by atoms with Crippen LogP contribution in [0.15, 0.2) is 18.3 Å². The Hall–Kier alpha value is -1.83. The van der Waals surface area contributed by atoms with Crippen molar-refractivity contribution in [3.05, 3.63) is 23.9 Å². The summed E-state index contributed by atoms with van der Waals surface area (Å²) in [6.45, 7) is 0.861. The van der Waals surface area contributed by atoms with Crippen LogP contribution in [0, 0.1) is 0 Å². The first-order valence-electron chi connectivity index (χ1n) is 6.12. The minimum Gasteiger partial charge on any atom is -0.467 e. The van der Waals surface area contributed by atoms with Gasteiger partial charge < -0.3 is 15.0 Å². The first-order valence-corrected chi connectivity index (χ1v) is 6.12. The Bertz CT molecular complexity index is 473. The third-order valence-electron chi connectivity index (χ3n) is 2.78. The van der Waals surface area contributed by atoms with E-state index in [2.05, 4.69) is 15.0 Å². The maximum absolute atomic E-state index is 12.2. The van der Waals surface area contributed by atoms with Crippen molar-refractivity contribution in [2.75, 3.05) is 32.8 Å². The monoisotopic (exact) mass is 289 g/mol. The van der Waals surface area contributed by atoms with Crippen LogP contribution in [0.4, 0.5) is 13.2 Å². The number of amides is 1. The summed E-state index contributed by atoms with van der Waals surface area (Å²) in [5.74, 6) is -0.648. The van der Waals surface area contributed by atoms with Crippen molar-refractivity contribution < 1.29 is 22.7 Å². The molecule has 2 rings (SSSR count). The van der Waals surface area contributed by atoms with E-state index in [1.165, 1.54) is 18.3 Å². The molecular formula is C12H14F3N3O2. The smallest absolute Gasteiger partial charge is 0.422 e. The van der Waals surface area contributed by atoms with Gasteiger partial charge >= 0.3 is 6.18 Å². The first-order chi connectivity index (χ1) is 9.47. The Morgan fingerprint density at radius 2 is 2.10 bits per heavy atom. The van der Waals surface area contributed by atoms with Crippen molar-refractivity contribution >= 4 is 5.91 Å². The van der Waals surface area contributed by atoms with Crippen molar-refractivity contribution in [2.45, 2.75) is 6.18 Å². The minimum absolute atomic E-state index is 0.0543. The number of carbonyl (C=O) groups is 1. The van der Waals surface area contributed by atoms with E-state index in [1.54, 1.807) is 4.90 Å². The molecule has 0 aromatic carbocycles. The molecule has 0 atom stereocenters. The number of halogens is 3. The Labute approximate surface area is 113 Å². The summed E-state index contributed by atoms with van der Waals surface area (Å²) in [4.78, 5) is 17.5. The van der Waals surface area contributed by atoms with E-state index in [9.17, 15) is 18.0 Å². The van der Waals surface area contributed by atoms with Crippen LogP contribution in [0.5, 0.6) is 5.88 Å². The van der Waals surface area contributed by atoms with Crippen LogP contribution < -0.4 is 10.1 Å². The Kier molecular flexibility index (Phi) is 4.43. The molecule has 1 N–H and O–H groups in total. The van der Waals surface area contributed by atoms with Gasteiger partial charge in [0.15, 0.2) is 6.61 Å². The number of nitrogens with zero attached hydrogens (tertiary/aromatic N) is 2. The molecule has 0 unspecified atom stereocenters. The first kappa shape index (κ1) is 14.6. The van der Waals surface area contributed by atoms with Crippen LogP contribution in [0.2, 0.25) is 0 Å². The van der Waals surface area contributed by atoms with Crippen LogP contribution in [0.25, 0.3) is 0 Å². The molecule has 0 bridgehead atoms. The molecule has 0 saturated carbocycles. The number of piperazine rings is 1. The molecule has 1 aromatic heterocycles. The molecule has 1 amide bonds. The van der Waals surface area contributed by atoms with Crippen molar-refractivity contribution in [3.63, 3.8) is 0 Å². The summed E-state index contributed by atoms with van der Waals surface area (Å²) in [6, 6.07) is 2.92. The molecule has 1 aliphatic rings. The molecule has 1 fully saturated rings. The predicted octanol–water partition coefficient (Wildman–Crippen LogP) is 1.07. The number of hydrogen-bond acceptors (Lipinski definition) is 4. The van der Waals surface area contributed by atoms with Crippen molar-refractivity contribution in [2.24, 2.45) is 0 Å². The second-order valence-electron chi connectivity index (χ2n) is 4.30. The molecule has 0 aliphatic carbocycles. The van der Waals surface area contributed by atoms with Crippen molar-refractivity contribution in [3.8, 4) is 5.88 Å². The van der Waals surface area contributed by atoms with Crippen LogP contribution in [0.3, 0.4) is 0 Å². The Morgan fingerprint density at radius 3 is 2.75 bits per heavy atom. The predicted molar refractivity (Wildman–Crippen MR) is 64.6 cm³/mol.